The lowest BCUT2D eigenvalue weighted by atomic mass is 10.1. The molecule has 0 atom stereocenters. The van der Waals surface area contributed by atoms with Gasteiger partial charge in [-0.3, -0.25) is 9.59 Å². The molecule has 1 saturated carbocycles. The van der Waals surface area contributed by atoms with E-state index in [0.717, 1.165) is 23.4 Å². The van der Waals surface area contributed by atoms with Crippen LogP contribution >= 0.6 is 11.3 Å². The predicted molar refractivity (Wildman–Crippen MR) is 104 cm³/mol. The number of carbonyl (C=O) groups excluding carboxylic acids is 2. The third-order valence-corrected chi connectivity index (χ3v) is 4.99. The van der Waals surface area contributed by atoms with E-state index in [0.29, 0.717) is 43.4 Å². The zero-order chi connectivity index (χ0) is 19.1. The van der Waals surface area contributed by atoms with Gasteiger partial charge in [0.1, 0.15) is 11.4 Å². The Balaban J connectivity index is 1.37. The number of amides is 2. The third kappa shape index (κ3) is 6.33. The minimum atomic E-state index is -0.170. The topological polar surface area (TPSA) is 106 Å². The highest BCUT2D eigenvalue weighted by Gasteiger charge is 2.23. The van der Waals surface area contributed by atoms with Gasteiger partial charge in [-0.05, 0) is 43.5 Å². The smallest absolute Gasteiger partial charge is 0.270 e. The molecule has 0 bridgehead atoms. The summed E-state index contributed by atoms with van der Waals surface area (Å²) in [6.45, 7) is 1.08. The van der Waals surface area contributed by atoms with Crippen LogP contribution in [0, 0.1) is 0 Å². The first-order chi connectivity index (χ1) is 13.1. The van der Waals surface area contributed by atoms with Gasteiger partial charge in [-0.2, -0.15) is 0 Å². The number of benzene rings is 1. The Morgan fingerprint density at radius 3 is 2.70 bits per heavy atom. The maximum atomic E-state index is 12.1. The van der Waals surface area contributed by atoms with Crippen LogP contribution in [0.4, 0.5) is 0 Å². The van der Waals surface area contributed by atoms with Crippen LogP contribution in [-0.2, 0) is 17.6 Å². The van der Waals surface area contributed by atoms with E-state index in [1.54, 1.807) is 5.38 Å². The number of carbonyl (C=O) groups is 2. The monoisotopic (exact) mass is 388 g/mol. The molecule has 8 heteroatoms. The lowest BCUT2D eigenvalue weighted by Crippen LogP contribution is -2.30. The fraction of sp³-hybridized carbons (Fsp3) is 0.421. The van der Waals surface area contributed by atoms with Crippen LogP contribution in [0.15, 0.2) is 29.6 Å². The molecule has 1 aromatic heterocycles. The molecular weight excluding hydrogens is 364 g/mol. The molecule has 1 aliphatic carbocycles. The molecule has 0 spiro atoms. The van der Waals surface area contributed by atoms with Crippen LogP contribution in [-0.4, -0.2) is 42.5 Å². The molecule has 1 aliphatic rings. The van der Waals surface area contributed by atoms with Gasteiger partial charge in [0.05, 0.1) is 5.01 Å². The Hall–Kier alpha value is -2.45. The zero-order valence-electron chi connectivity index (χ0n) is 15.1. The number of thiazole rings is 1. The molecule has 0 saturated heterocycles. The van der Waals surface area contributed by atoms with Gasteiger partial charge >= 0.3 is 0 Å². The van der Waals surface area contributed by atoms with Crippen LogP contribution in [0.3, 0.4) is 0 Å². The van der Waals surface area contributed by atoms with Gasteiger partial charge < -0.3 is 21.1 Å². The molecule has 27 heavy (non-hydrogen) atoms. The van der Waals surface area contributed by atoms with Gasteiger partial charge in [0, 0.05) is 24.4 Å². The molecule has 3 rings (SSSR count). The lowest BCUT2D eigenvalue weighted by Gasteiger charge is -2.08. The maximum Gasteiger partial charge on any atom is 0.270 e. The zero-order valence-corrected chi connectivity index (χ0v) is 15.9. The summed E-state index contributed by atoms with van der Waals surface area (Å²) in [5.41, 5.74) is 7.01. The predicted octanol–water partition coefficient (Wildman–Crippen LogP) is 1.27. The molecule has 4 N–H and O–H groups in total. The van der Waals surface area contributed by atoms with Crippen molar-refractivity contribution in [2.75, 3.05) is 19.7 Å². The van der Waals surface area contributed by atoms with E-state index >= 15 is 0 Å². The Morgan fingerprint density at radius 1 is 1.22 bits per heavy atom. The van der Waals surface area contributed by atoms with Gasteiger partial charge in [0.2, 0.25) is 0 Å². The van der Waals surface area contributed by atoms with Crippen LogP contribution < -0.4 is 21.1 Å². The molecule has 7 nitrogen and oxygen atoms in total. The minimum absolute atomic E-state index is 0.0334. The highest BCUT2D eigenvalue weighted by Crippen LogP contribution is 2.18. The molecular formula is C19H24N4O3S. The first kappa shape index (κ1) is 19.3. The number of hydrogen-bond donors (Lipinski definition) is 3. The second-order valence-corrected chi connectivity index (χ2v) is 7.39. The number of hydrogen-bond acceptors (Lipinski definition) is 6. The van der Waals surface area contributed by atoms with Gasteiger partial charge in [-0.15, -0.1) is 11.3 Å². The molecule has 1 fully saturated rings. The number of aromatic nitrogens is 1. The Bertz CT molecular complexity index is 772. The second kappa shape index (κ2) is 9.48. The molecule has 0 unspecified atom stereocenters. The summed E-state index contributed by atoms with van der Waals surface area (Å²) in [4.78, 5) is 28.0. The molecule has 0 radical (unpaired) electrons. The van der Waals surface area contributed by atoms with Gasteiger partial charge in [0.15, 0.2) is 6.61 Å². The molecule has 0 aliphatic heterocycles. The maximum absolute atomic E-state index is 12.1. The van der Waals surface area contributed by atoms with E-state index in [4.69, 9.17) is 10.5 Å². The van der Waals surface area contributed by atoms with Crippen molar-refractivity contribution >= 4 is 23.2 Å². The Labute approximate surface area is 162 Å². The fourth-order valence-electron chi connectivity index (χ4n) is 2.46. The van der Waals surface area contributed by atoms with Crippen molar-refractivity contribution in [1.29, 1.82) is 0 Å². The van der Waals surface area contributed by atoms with E-state index in [1.807, 2.05) is 24.3 Å². The van der Waals surface area contributed by atoms with Crippen molar-refractivity contribution in [3.05, 3.63) is 45.9 Å². The molecule has 1 aromatic carbocycles. The van der Waals surface area contributed by atoms with Crippen molar-refractivity contribution in [3.8, 4) is 5.75 Å². The average molecular weight is 388 g/mol. The van der Waals surface area contributed by atoms with Gasteiger partial charge in [-0.1, -0.05) is 12.1 Å². The Kier molecular flexibility index (Phi) is 6.78. The summed E-state index contributed by atoms with van der Waals surface area (Å²) in [6, 6.07) is 7.88. The van der Waals surface area contributed by atoms with Crippen molar-refractivity contribution < 1.29 is 14.3 Å². The SMILES string of the molecule is NCCc1nc(C(=O)NCCc2ccc(OCC(=O)NC3CC3)cc2)cs1. The van der Waals surface area contributed by atoms with Crippen molar-refractivity contribution in [3.63, 3.8) is 0 Å². The summed E-state index contributed by atoms with van der Waals surface area (Å²) in [5, 5.41) is 8.39. The van der Waals surface area contributed by atoms with Gasteiger partial charge in [0.25, 0.3) is 11.8 Å². The first-order valence-corrected chi connectivity index (χ1v) is 9.96. The molecule has 2 amide bonds. The lowest BCUT2D eigenvalue weighted by molar-refractivity contribution is -0.123. The van der Waals surface area contributed by atoms with Crippen LogP contribution in [0.1, 0.15) is 33.9 Å². The highest BCUT2D eigenvalue weighted by atomic mass is 32.1. The summed E-state index contributed by atoms with van der Waals surface area (Å²) in [6.07, 6.45) is 3.52. The number of nitrogens with zero attached hydrogens (tertiary/aromatic N) is 1. The first-order valence-electron chi connectivity index (χ1n) is 9.08. The summed E-state index contributed by atoms with van der Waals surface area (Å²) in [5.74, 6) is 0.403. The molecule has 2 aromatic rings. The summed E-state index contributed by atoms with van der Waals surface area (Å²) < 4.78 is 5.48. The van der Waals surface area contributed by atoms with Crippen molar-refractivity contribution in [2.45, 2.75) is 31.7 Å². The third-order valence-electron chi connectivity index (χ3n) is 4.08. The molecule has 144 valence electrons. The highest BCUT2D eigenvalue weighted by molar-refractivity contribution is 7.09. The summed E-state index contributed by atoms with van der Waals surface area (Å²) in [7, 11) is 0. The van der Waals surface area contributed by atoms with E-state index < -0.39 is 0 Å². The number of nitrogens with two attached hydrogens (primary N) is 1. The van der Waals surface area contributed by atoms with Crippen LogP contribution in [0.25, 0.3) is 0 Å². The number of nitrogens with one attached hydrogen (secondary N) is 2. The van der Waals surface area contributed by atoms with E-state index in [9.17, 15) is 9.59 Å². The van der Waals surface area contributed by atoms with E-state index in [1.165, 1.54) is 11.3 Å². The largest absolute Gasteiger partial charge is 0.484 e. The van der Waals surface area contributed by atoms with Crippen molar-refractivity contribution in [1.82, 2.24) is 15.6 Å². The normalized spacial score (nSPS) is 13.2. The Morgan fingerprint density at radius 2 is 2.00 bits per heavy atom. The standard InChI is InChI=1S/C19H24N4O3S/c20-9-7-18-23-16(12-27-18)19(25)21-10-8-13-1-5-15(6-2-13)26-11-17(24)22-14-3-4-14/h1-2,5-6,12,14H,3-4,7-11,20H2,(H,21,25)(H,22,24). The summed E-state index contributed by atoms with van der Waals surface area (Å²) >= 11 is 1.45. The minimum Gasteiger partial charge on any atom is -0.484 e. The second-order valence-electron chi connectivity index (χ2n) is 6.45. The van der Waals surface area contributed by atoms with Crippen LogP contribution in [0.5, 0.6) is 5.75 Å². The number of rotatable bonds is 10. The fourth-order valence-corrected chi connectivity index (χ4v) is 3.26. The average Bonchev–Trinajstić information content (AvgIpc) is 3.35. The molecule has 1 heterocycles. The van der Waals surface area contributed by atoms with Gasteiger partial charge in [-0.25, -0.2) is 4.98 Å². The van der Waals surface area contributed by atoms with Crippen molar-refractivity contribution in [2.24, 2.45) is 5.73 Å². The van der Waals surface area contributed by atoms with E-state index in [2.05, 4.69) is 15.6 Å². The van der Waals surface area contributed by atoms with Crippen LogP contribution in [0.2, 0.25) is 0 Å². The number of ether oxygens (including phenoxy) is 1. The van der Waals surface area contributed by atoms with E-state index in [-0.39, 0.29) is 18.4 Å². The quantitative estimate of drug-likeness (QED) is 0.568.